The summed E-state index contributed by atoms with van der Waals surface area (Å²) in [6, 6.07) is 8.17. The number of carbonyl (C=O) groups is 1. The van der Waals surface area contributed by atoms with Crippen LogP contribution in [-0.2, 0) is 6.42 Å². The van der Waals surface area contributed by atoms with E-state index >= 15 is 0 Å². The second-order valence-corrected chi connectivity index (χ2v) is 5.65. The molecule has 2 N–H and O–H groups in total. The van der Waals surface area contributed by atoms with Gasteiger partial charge in [0.15, 0.2) is 0 Å². The maximum atomic E-state index is 11.7. The first-order valence-electron chi connectivity index (χ1n) is 6.72. The minimum absolute atomic E-state index is 0.137. The van der Waals surface area contributed by atoms with E-state index in [4.69, 9.17) is 0 Å². The Balaban J connectivity index is 1.98. The fourth-order valence-corrected chi connectivity index (χ4v) is 2.80. The Morgan fingerprint density at radius 1 is 1.45 bits per heavy atom. The maximum absolute atomic E-state index is 11.7. The van der Waals surface area contributed by atoms with Crippen molar-refractivity contribution in [2.75, 3.05) is 11.9 Å². The molecule has 0 aromatic carbocycles. The van der Waals surface area contributed by atoms with Crippen LogP contribution in [0.25, 0.3) is 0 Å². The number of hydrogen-bond acceptors (Lipinski definition) is 4. The maximum Gasteiger partial charge on any atom is 0.269 e. The molecule has 0 aliphatic carbocycles. The van der Waals surface area contributed by atoms with Gasteiger partial charge in [0.05, 0.1) is 0 Å². The SMILES string of the molecule is CCNC(=O)c1cc(NC(C)Cc2cccs2)ccn1. The van der Waals surface area contributed by atoms with Crippen LogP contribution in [0, 0.1) is 0 Å². The van der Waals surface area contributed by atoms with E-state index in [9.17, 15) is 4.79 Å². The molecule has 2 aromatic rings. The lowest BCUT2D eigenvalue weighted by Crippen LogP contribution is -2.24. The molecule has 1 atom stereocenters. The molecule has 0 saturated carbocycles. The van der Waals surface area contributed by atoms with Gasteiger partial charge in [-0.2, -0.15) is 0 Å². The fraction of sp³-hybridized carbons (Fsp3) is 0.333. The predicted molar refractivity (Wildman–Crippen MR) is 83.4 cm³/mol. The van der Waals surface area contributed by atoms with Gasteiger partial charge in [-0.05, 0) is 37.4 Å². The molecular weight excluding hydrogens is 270 g/mol. The summed E-state index contributed by atoms with van der Waals surface area (Å²) in [4.78, 5) is 17.2. The van der Waals surface area contributed by atoms with Crippen molar-refractivity contribution < 1.29 is 4.79 Å². The van der Waals surface area contributed by atoms with Crippen molar-refractivity contribution in [2.45, 2.75) is 26.3 Å². The summed E-state index contributed by atoms with van der Waals surface area (Å²) < 4.78 is 0. The van der Waals surface area contributed by atoms with Gasteiger partial charge in [-0.15, -0.1) is 11.3 Å². The molecule has 5 heteroatoms. The molecule has 0 aliphatic heterocycles. The number of pyridine rings is 1. The Kier molecular flexibility index (Phi) is 5.12. The average molecular weight is 289 g/mol. The number of hydrogen-bond donors (Lipinski definition) is 2. The van der Waals surface area contributed by atoms with Gasteiger partial charge in [0, 0.05) is 35.8 Å². The van der Waals surface area contributed by atoms with E-state index in [0.717, 1.165) is 12.1 Å². The zero-order valence-corrected chi connectivity index (χ0v) is 12.5. The molecule has 2 rings (SSSR count). The van der Waals surface area contributed by atoms with Crippen molar-refractivity contribution in [3.63, 3.8) is 0 Å². The number of amides is 1. The van der Waals surface area contributed by atoms with Crippen LogP contribution in [0.1, 0.15) is 29.2 Å². The third-order valence-corrected chi connectivity index (χ3v) is 3.73. The van der Waals surface area contributed by atoms with Gasteiger partial charge in [0.2, 0.25) is 0 Å². The van der Waals surface area contributed by atoms with E-state index in [0.29, 0.717) is 18.3 Å². The Hall–Kier alpha value is -1.88. The average Bonchev–Trinajstić information content (AvgIpc) is 2.92. The van der Waals surface area contributed by atoms with E-state index in [1.54, 1.807) is 23.6 Å². The number of thiophene rings is 1. The van der Waals surface area contributed by atoms with Crippen molar-refractivity contribution >= 4 is 22.9 Å². The van der Waals surface area contributed by atoms with Gasteiger partial charge in [0.1, 0.15) is 5.69 Å². The van der Waals surface area contributed by atoms with Crippen LogP contribution in [0.4, 0.5) is 5.69 Å². The molecule has 4 nitrogen and oxygen atoms in total. The highest BCUT2D eigenvalue weighted by Crippen LogP contribution is 2.15. The van der Waals surface area contributed by atoms with Gasteiger partial charge in [-0.1, -0.05) is 6.07 Å². The van der Waals surface area contributed by atoms with Crippen LogP contribution in [0.2, 0.25) is 0 Å². The lowest BCUT2D eigenvalue weighted by atomic mass is 10.2. The van der Waals surface area contributed by atoms with E-state index in [-0.39, 0.29) is 5.91 Å². The Bertz CT molecular complexity index is 554. The number of anilines is 1. The largest absolute Gasteiger partial charge is 0.382 e. The molecule has 20 heavy (non-hydrogen) atoms. The van der Waals surface area contributed by atoms with Gasteiger partial charge in [-0.3, -0.25) is 9.78 Å². The topological polar surface area (TPSA) is 54.0 Å². The molecule has 0 aliphatic rings. The minimum Gasteiger partial charge on any atom is -0.382 e. The van der Waals surface area contributed by atoms with E-state index in [1.165, 1.54) is 4.88 Å². The van der Waals surface area contributed by atoms with Crippen molar-refractivity contribution in [3.05, 3.63) is 46.4 Å². The monoisotopic (exact) mass is 289 g/mol. The molecule has 106 valence electrons. The normalized spacial score (nSPS) is 11.9. The molecule has 0 bridgehead atoms. The fourth-order valence-electron chi connectivity index (χ4n) is 1.96. The molecule has 0 fully saturated rings. The number of rotatable bonds is 6. The molecule has 0 saturated heterocycles. The minimum atomic E-state index is -0.137. The molecular formula is C15H19N3OS. The summed E-state index contributed by atoms with van der Waals surface area (Å²) in [6.45, 7) is 4.63. The van der Waals surface area contributed by atoms with Gasteiger partial charge < -0.3 is 10.6 Å². The number of carbonyl (C=O) groups excluding carboxylic acids is 1. The molecule has 0 spiro atoms. The second-order valence-electron chi connectivity index (χ2n) is 4.62. The Morgan fingerprint density at radius 3 is 3.00 bits per heavy atom. The third-order valence-electron chi connectivity index (χ3n) is 2.83. The van der Waals surface area contributed by atoms with Gasteiger partial charge in [0.25, 0.3) is 5.91 Å². The number of nitrogens with one attached hydrogen (secondary N) is 2. The van der Waals surface area contributed by atoms with Crippen LogP contribution in [0.5, 0.6) is 0 Å². The summed E-state index contributed by atoms with van der Waals surface area (Å²) in [5.74, 6) is -0.137. The summed E-state index contributed by atoms with van der Waals surface area (Å²) in [5.41, 5.74) is 1.37. The van der Waals surface area contributed by atoms with Crippen LogP contribution in [0.3, 0.4) is 0 Å². The van der Waals surface area contributed by atoms with Crippen molar-refractivity contribution in [3.8, 4) is 0 Å². The quantitative estimate of drug-likeness (QED) is 0.859. The molecule has 0 radical (unpaired) electrons. The molecule has 2 aromatic heterocycles. The standard InChI is InChI=1S/C15H19N3OS/c1-3-16-15(19)14-10-12(6-7-17-14)18-11(2)9-13-5-4-8-20-13/h4-8,10-11H,3,9H2,1-2H3,(H,16,19)(H,17,18). The number of aromatic nitrogens is 1. The van der Waals surface area contributed by atoms with Crippen molar-refractivity contribution in [1.29, 1.82) is 0 Å². The second kappa shape index (κ2) is 7.05. The Labute approximate surface area is 123 Å². The third kappa shape index (κ3) is 4.06. The Morgan fingerprint density at radius 2 is 2.30 bits per heavy atom. The zero-order valence-electron chi connectivity index (χ0n) is 11.7. The van der Waals surface area contributed by atoms with E-state index < -0.39 is 0 Å². The summed E-state index contributed by atoms with van der Waals surface area (Å²) in [7, 11) is 0. The lowest BCUT2D eigenvalue weighted by molar-refractivity contribution is 0.0951. The highest BCUT2D eigenvalue weighted by molar-refractivity contribution is 7.09. The first-order chi connectivity index (χ1) is 9.69. The molecule has 2 heterocycles. The van der Waals surface area contributed by atoms with Crippen LogP contribution >= 0.6 is 11.3 Å². The van der Waals surface area contributed by atoms with Gasteiger partial charge in [-0.25, -0.2) is 0 Å². The van der Waals surface area contributed by atoms with Gasteiger partial charge >= 0.3 is 0 Å². The number of nitrogens with zero attached hydrogens (tertiary/aromatic N) is 1. The van der Waals surface area contributed by atoms with Crippen LogP contribution in [-0.4, -0.2) is 23.5 Å². The lowest BCUT2D eigenvalue weighted by Gasteiger charge is -2.14. The highest BCUT2D eigenvalue weighted by Gasteiger charge is 2.08. The first-order valence-corrected chi connectivity index (χ1v) is 7.60. The predicted octanol–water partition coefficient (Wildman–Crippen LogP) is 2.94. The highest BCUT2D eigenvalue weighted by atomic mass is 32.1. The van der Waals surface area contributed by atoms with Crippen molar-refractivity contribution in [2.24, 2.45) is 0 Å². The van der Waals surface area contributed by atoms with E-state index in [1.807, 2.05) is 13.0 Å². The van der Waals surface area contributed by atoms with Crippen LogP contribution in [0.15, 0.2) is 35.8 Å². The first kappa shape index (κ1) is 14.5. The smallest absolute Gasteiger partial charge is 0.269 e. The molecule has 1 amide bonds. The molecule has 1 unspecified atom stereocenters. The summed E-state index contributed by atoms with van der Waals surface area (Å²) in [6.07, 6.45) is 2.63. The summed E-state index contributed by atoms with van der Waals surface area (Å²) in [5, 5.41) is 8.24. The van der Waals surface area contributed by atoms with Crippen LogP contribution < -0.4 is 10.6 Å². The summed E-state index contributed by atoms with van der Waals surface area (Å²) >= 11 is 1.76. The van der Waals surface area contributed by atoms with E-state index in [2.05, 4.69) is 40.1 Å². The van der Waals surface area contributed by atoms with Crippen molar-refractivity contribution in [1.82, 2.24) is 10.3 Å². The zero-order chi connectivity index (χ0) is 14.4.